The summed E-state index contributed by atoms with van der Waals surface area (Å²) in [6, 6.07) is 0. The molecule has 0 aromatic heterocycles. The highest BCUT2D eigenvalue weighted by Gasteiger charge is 2.37. The van der Waals surface area contributed by atoms with Gasteiger partial charge in [-0.1, -0.05) is 6.92 Å². The Morgan fingerprint density at radius 3 is 2.63 bits per heavy atom. The first kappa shape index (κ1) is 16.4. The van der Waals surface area contributed by atoms with Gasteiger partial charge in [0, 0.05) is 19.6 Å². The number of guanidine groups is 1. The van der Waals surface area contributed by atoms with E-state index in [2.05, 4.69) is 4.99 Å². The Morgan fingerprint density at radius 2 is 2.11 bits per heavy atom. The standard InChI is InChI=1S/C11H21N4O2PS/c1-4-9-17-18(19,16-6-3)15-8-7-14(5-2)11(15)13-10-12/h4-9H2,1-3H3. The minimum absolute atomic E-state index is 0.490. The van der Waals surface area contributed by atoms with Crippen LogP contribution in [-0.4, -0.2) is 48.4 Å². The highest BCUT2D eigenvalue weighted by molar-refractivity contribution is 8.09. The quantitative estimate of drug-likeness (QED) is 0.530. The van der Waals surface area contributed by atoms with Crippen LogP contribution in [-0.2, 0) is 20.9 Å². The Balaban J connectivity index is 2.99. The lowest BCUT2D eigenvalue weighted by atomic mass is 10.5. The summed E-state index contributed by atoms with van der Waals surface area (Å²) in [6.07, 6.45) is 2.72. The van der Waals surface area contributed by atoms with E-state index in [1.807, 2.05) is 36.5 Å². The molecule has 1 unspecified atom stereocenters. The van der Waals surface area contributed by atoms with Crippen molar-refractivity contribution in [3.05, 3.63) is 0 Å². The molecule has 0 amide bonds. The minimum Gasteiger partial charge on any atom is -0.340 e. The van der Waals surface area contributed by atoms with Gasteiger partial charge in [-0.3, -0.25) is 4.67 Å². The summed E-state index contributed by atoms with van der Waals surface area (Å²) in [6.45, 7) is 6.67. The Kier molecular flexibility index (Phi) is 6.73. The first-order chi connectivity index (χ1) is 9.12. The van der Waals surface area contributed by atoms with Crippen LogP contribution in [0.1, 0.15) is 27.2 Å². The number of nitriles is 1. The number of hydrogen-bond donors (Lipinski definition) is 0. The van der Waals surface area contributed by atoms with Gasteiger partial charge in [0.2, 0.25) is 12.2 Å². The van der Waals surface area contributed by atoms with Gasteiger partial charge in [-0.2, -0.15) is 5.26 Å². The third-order valence-electron chi connectivity index (χ3n) is 2.67. The summed E-state index contributed by atoms with van der Waals surface area (Å²) in [5.74, 6) is 0.581. The second-order valence-corrected chi connectivity index (χ2v) is 7.25. The van der Waals surface area contributed by atoms with E-state index in [9.17, 15) is 0 Å². The molecule has 1 aliphatic rings. The summed E-state index contributed by atoms with van der Waals surface area (Å²) in [5, 5.41) is 8.84. The molecule has 1 aliphatic heterocycles. The first-order valence-corrected chi connectivity index (χ1v) is 9.10. The topological polar surface area (TPSA) is 61.1 Å². The molecule has 1 atom stereocenters. The van der Waals surface area contributed by atoms with Crippen molar-refractivity contribution >= 4 is 24.4 Å². The molecule has 0 spiro atoms. The molecule has 19 heavy (non-hydrogen) atoms. The van der Waals surface area contributed by atoms with Gasteiger partial charge in [0.05, 0.1) is 13.2 Å². The van der Waals surface area contributed by atoms with E-state index in [0.717, 1.165) is 19.5 Å². The second-order valence-electron chi connectivity index (χ2n) is 3.93. The molecule has 6 nitrogen and oxygen atoms in total. The lowest BCUT2D eigenvalue weighted by Crippen LogP contribution is -2.32. The van der Waals surface area contributed by atoms with Crippen molar-refractivity contribution < 1.29 is 9.05 Å². The molecule has 0 aromatic rings. The summed E-state index contributed by atoms with van der Waals surface area (Å²) in [5.41, 5.74) is 0. The van der Waals surface area contributed by atoms with E-state index in [1.165, 1.54) is 0 Å². The van der Waals surface area contributed by atoms with Crippen molar-refractivity contribution in [1.82, 2.24) is 9.57 Å². The number of aliphatic imine (C=N–C) groups is 1. The molecule has 0 saturated carbocycles. The lowest BCUT2D eigenvalue weighted by Gasteiger charge is -2.31. The molecule has 1 fully saturated rings. The van der Waals surface area contributed by atoms with Crippen LogP contribution in [0.25, 0.3) is 0 Å². The van der Waals surface area contributed by atoms with Gasteiger partial charge in [-0.15, -0.1) is 4.99 Å². The van der Waals surface area contributed by atoms with Crippen molar-refractivity contribution in [3.63, 3.8) is 0 Å². The highest BCUT2D eigenvalue weighted by Crippen LogP contribution is 2.54. The van der Waals surface area contributed by atoms with E-state index < -0.39 is 6.64 Å². The third kappa shape index (κ3) is 3.90. The van der Waals surface area contributed by atoms with Gasteiger partial charge in [0.1, 0.15) is 0 Å². The Bertz CT molecular complexity index is 410. The number of rotatable bonds is 7. The van der Waals surface area contributed by atoms with Gasteiger partial charge in [0.25, 0.3) is 6.64 Å². The Morgan fingerprint density at radius 1 is 1.37 bits per heavy atom. The van der Waals surface area contributed by atoms with Crippen LogP contribution in [0, 0.1) is 11.5 Å². The largest absolute Gasteiger partial charge is 0.340 e. The number of nitrogens with zero attached hydrogens (tertiary/aromatic N) is 4. The lowest BCUT2D eigenvalue weighted by molar-refractivity contribution is 0.231. The molecule has 8 heteroatoms. The zero-order valence-corrected chi connectivity index (χ0v) is 13.4. The molecule has 0 radical (unpaired) electrons. The third-order valence-corrected chi connectivity index (χ3v) is 5.96. The predicted molar refractivity (Wildman–Crippen MR) is 79.2 cm³/mol. The average Bonchev–Trinajstić information content (AvgIpc) is 2.81. The molecule has 1 heterocycles. The summed E-state index contributed by atoms with van der Waals surface area (Å²) >= 11 is 5.59. The van der Waals surface area contributed by atoms with Crippen molar-refractivity contribution in [2.75, 3.05) is 32.8 Å². The van der Waals surface area contributed by atoms with Gasteiger partial charge < -0.3 is 13.9 Å². The van der Waals surface area contributed by atoms with Gasteiger partial charge >= 0.3 is 0 Å². The number of hydrogen-bond acceptors (Lipinski definition) is 5. The smallest absolute Gasteiger partial charge is 0.292 e. The van der Waals surface area contributed by atoms with E-state index in [1.54, 1.807) is 0 Å². The minimum atomic E-state index is -2.58. The van der Waals surface area contributed by atoms with Crippen molar-refractivity contribution in [2.24, 2.45) is 4.99 Å². The molecule has 0 aliphatic carbocycles. The van der Waals surface area contributed by atoms with Crippen LogP contribution in [0.2, 0.25) is 0 Å². The van der Waals surface area contributed by atoms with Crippen molar-refractivity contribution in [3.8, 4) is 6.19 Å². The molecule has 1 rings (SSSR count). The zero-order chi connectivity index (χ0) is 14.3. The molecular formula is C11H21N4O2PS. The molecule has 1 saturated heterocycles. The van der Waals surface area contributed by atoms with Crippen LogP contribution in [0.15, 0.2) is 4.99 Å². The fourth-order valence-electron chi connectivity index (χ4n) is 1.83. The van der Waals surface area contributed by atoms with Gasteiger partial charge in [0.15, 0.2) is 0 Å². The average molecular weight is 304 g/mol. The predicted octanol–water partition coefficient (Wildman–Crippen LogP) is 2.15. The van der Waals surface area contributed by atoms with Crippen LogP contribution in [0.4, 0.5) is 0 Å². The van der Waals surface area contributed by atoms with E-state index >= 15 is 0 Å². The maximum atomic E-state index is 8.84. The molecular weight excluding hydrogens is 283 g/mol. The van der Waals surface area contributed by atoms with Gasteiger partial charge in [-0.25, -0.2) is 0 Å². The maximum Gasteiger partial charge on any atom is 0.292 e. The number of likely N-dealkylation sites (N-methyl/N-ethyl adjacent to an activating group) is 1. The molecule has 108 valence electrons. The van der Waals surface area contributed by atoms with Gasteiger partial charge in [-0.05, 0) is 32.1 Å². The summed E-state index contributed by atoms with van der Waals surface area (Å²) in [7, 11) is 0. The fourth-order valence-corrected chi connectivity index (χ4v) is 4.65. The molecule has 0 aromatic carbocycles. The van der Waals surface area contributed by atoms with E-state index in [4.69, 9.17) is 26.1 Å². The summed E-state index contributed by atoms with van der Waals surface area (Å²) in [4.78, 5) is 5.90. The zero-order valence-electron chi connectivity index (χ0n) is 11.7. The highest BCUT2D eigenvalue weighted by atomic mass is 32.5. The van der Waals surface area contributed by atoms with Crippen LogP contribution < -0.4 is 0 Å². The van der Waals surface area contributed by atoms with Crippen molar-refractivity contribution in [1.29, 1.82) is 5.26 Å². The summed E-state index contributed by atoms with van der Waals surface area (Å²) < 4.78 is 13.3. The van der Waals surface area contributed by atoms with Crippen LogP contribution in [0.3, 0.4) is 0 Å². The SMILES string of the molecule is CCCOP(=S)(OCC)N1CCN(CC)C1=NC#N. The Hall–Kier alpha value is -0.670. The van der Waals surface area contributed by atoms with E-state index in [-0.39, 0.29) is 0 Å². The normalized spacial score (nSPS) is 20.6. The fraction of sp³-hybridized carbons (Fsp3) is 0.818. The van der Waals surface area contributed by atoms with E-state index in [0.29, 0.717) is 25.7 Å². The van der Waals surface area contributed by atoms with Crippen LogP contribution >= 0.6 is 6.64 Å². The van der Waals surface area contributed by atoms with Crippen molar-refractivity contribution in [2.45, 2.75) is 27.2 Å². The molecule has 0 bridgehead atoms. The monoisotopic (exact) mass is 304 g/mol. The maximum absolute atomic E-state index is 8.84. The second kappa shape index (κ2) is 7.81. The first-order valence-electron chi connectivity index (χ1n) is 6.51. The van der Waals surface area contributed by atoms with Crippen LogP contribution in [0.5, 0.6) is 0 Å². The molecule has 0 N–H and O–H groups in total. The Labute approximate surface area is 120 Å².